The zero-order valence-corrected chi connectivity index (χ0v) is 31.7. The number of anilines is 3. The van der Waals surface area contributed by atoms with Crippen molar-refractivity contribution in [1.29, 1.82) is 0 Å². The monoisotopic (exact) mass is 771 g/mol. The Bertz CT molecular complexity index is 3340. The van der Waals surface area contributed by atoms with Crippen LogP contribution < -0.4 is 4.90 Å². The van der Waals surface area contributed by atoms with Gasteiger partial charge in [-0.05, 0) is 103 Å². The highest BCUT2D eigenvalue weighted by atomic mass is 32.1. The fourth-order valence-corrected chi connectivity index (χ4v) is 9.92. The average molecular weight is 772 g/mol. The molecule has 10 heteroatoms. The van der Waals surface area contributed by atoms with Gasteiger partial charge in [-0.25, -0.2) is 0 Å². The van der Waals surface area contributed by atoms with Crippen LogP contribution in [0.15, 0.2) is 152 Å². The molecule has 0 aliphatic carbocycles. The van der Waals surface area contributed by atoms with E-state index in [2.05, 4.69) is 149 Å². The molecule has 0 amide bonds. The van der Waals surface area contributed by atoms with Gasteiger partial charge in [-0.2, -0.15) is 26.2 Å². The Balaban J connectivity index is 1.06. The minimum Gasteiger partial charge on any atom is -0.304 e. The lowest BCUT2D eigenvalue weighted by Crippen LogP contribution is -2.12. The molecule has 0 atom stereocenters. The first-order valence-corrected chi connectivity index (χ1v) is 20.3. The molecule has 0 unspecified atom stereocenters. The van der Waals surface area contributed by atoms with Gasteiger partial charge >= 0.3 is 0 Å². The van der Waals surface area contributed by atoms with Crippen LogP contribution >= 0.6 is 35.2 Å². The Morgan fingerprint density at radius 2 is 0.768 bits per heavy atom. The number of hydrogen-bond donors (Lipinski definition) is 0. The molecule has 0 fully saturated rings. The lowest BCUT2D eigenvalue weighted by Gasteiger charge is -2.26. The number of rotatable bonds is 5. The third kappa shape index (κ3) is 4.80. The SMILES string of the molecule is c1ccc2c(c1)ccc1ccc(-c3ccc(N(c4cccc5nsnc45)c4ccc(-c5ccc6ccc7ccccc7c6c5)c5nsnc45)c4nsnc34)cc12. The van der Waals surface area contributed by atoms with Crippen LogP contribution in [0.2, 0.25) is 0 Å². The van der Waals surface area contributed by atoms with E-state index in [1.54, 1.807) is 0 Å². The lowest BCUT2D eigenvalue weighted by atomic mass is 9.95. The summed E-state index contributed by atoms with van der Waals surface area (Å²) in [4.78, 5) is 2.21. The van der Waals surface area contributed by atoms with E-state index in [0.29, 0.717) is 0 Å². The molecule has 3 aromatic heterocycles. The van der Waals surface area contributed by atoms with Crippen molar-refractivity contribution in [3.05, 3.63) is 152 Å². The maximum absolute atomic E-state index is 4.97. The molecule has 0 aliphatic heterocycles. The molecule has 0 bridgehead atoms. The molecule has 0 radical (unpaired) electrons. The van der Waals surface area contributed by atoms with Crippen LogP contribution in [0.4, 0.5) is 17.1 Å². The number of nitrogens with zero attached hydrogens (tertiary/aromatic N) is 7. The zero-order valence-electron chi connectivity index (χ0n) is 29.3. The highest BCUT2D eigenvalue weighted by molar-refractivity contribution is 7.00. The third-order valence-electron chi connectivity index (χ3n) is 10.9. The van der Waals surface area contributed by atoms with Crippen LogP contribution in [-0.4, -0.2) is 26.2 Å². The molecule has 0 saturated carbocycles. The van der Waals surface area contributed by atoms with Crippen molar-refractivity contribution in [2.75, 3.05) is 4.90 Å². The summed E-state index contributed by atoms with van der Waals surface area (Å²) < 4.78 is 29.2. The predicted molar refractivity (Wildman–Crippen MR) is 235 cm³/mol. The maximum Gasteiger partial charge on any atom is 0.129 e. The molecular formula is C46H25N7S3. The van der Waals surface area contributed by atoms with Gasteiger partial charge in [0, 0.05) is 11.1 Å². The number of aromatic nitrogens is 6. The summed E-state index contributed by atoms with van der Waals surface area (Å²) in [6.45, 7) is 0. The van der Waals surface area contributed by atoms with Crippen molar-refractivity contribution < 1.29 is 0 Å². The largest absolute Gasteiger partial charge is 0.304 e. The van der Waals surface area contributed by atoms with Gasteiger partial charge in [-0.15, -0.1) is 0 Å². The average Bonchev–Trinajstić information content (AvgIpc) is 4.06. The molecule has 0 aliphatic rings. The van der Waals surface area contributed by atoms with Gasteiger partial charge in [-0.1, -0.05) is 103 Å². The molecule has 9 aromatic carbocycles. The Kier molecular flexibility index (Phi) is 7.00. The van der Waals surface area contributed by atoms with E-state index in [0.717, 1.165) is 72.4 Å². The quantitative estimate of drug-likeness (QED) is 0.161. The summed E-state index contributed by atoms with van der Waals surface area (Å²) in [6, 6.07) is 53.9. The molecule has 0 N–H and O–H groups in total. The van der Waals surface area contributed by atoms with Crippen LogP contribution in [0, 0.1) is 0 Å². The Morgan fingerprint density at radius 3 is 1.34 bits per heavy atom. The second-order valence-electron chi connectivity index (χ2n) is 13.9. The van der Waals surface area contributed by atoms with Crippen molar-refractivity contribution in [1.82, 2.24) is 26.2 Å². The molecule has 12 aromatic rings. The van der Waals surface area contributed by atoms with Crippen molar-refractivity contribution in [3.8, 4) is 22.3 Å². The van der Waals surface area contributed by atoms with Gasteiger partial charge in [-0.3, -0.25) is 0 Å². The van der Waals surface area contributed by atoms with Crippen molar-refractivity contribution in [2.24, 2.45) is 0 Å². The van der Waals surface area contributed by atoms with E-state index < -0.39 is 0 Å². The van der Waals surface area contributed by atoms with Gasteiger partial charge in [0.25, 0.3) is 0 Å². The lowest BCUT2D eigenvalue weighted by molar-refractivity contribution is 1.31. The van der Waals surface area contributed by atoms with Crippen molar-refractivity contribution >= 4 is 128 Å². The Hall–Kier alpha value is -6.72. The van der Waals surface area contributed by atoms with E-state index in [1.807, 2.05) is 12.1 Å². The minimum atomic E-state index is 0.799. The first kappa shape index (κ1) is 31.6. The summed E-state index contributed by atoms with van der Waals surface area (Å²) >= 11 is 3.66. The molecule has 3 heterocycles. The summed E-state index contributed by atoms with van der Waals surface area (Å²) in [7, 11) is 0. The topological polar surface area (TPSA) is 80.6 Å². The molecule has 0 saturated heterocycles. The van der Waals surface area contributed by atoms with Crippen LogP contribution in [-0.2, 0) is 0 Å². The van der Waals surface area contributed by atoms with Gasteiger partial charge < -0.3 is 4.90 Å². The second-order valence-corrected chi connectivity index (χ2v) is 15.5. The summed E-state index contributed by atoms with van der Waals surface area (Å²) in [5.41, 5.74) is 11.8. The summed E-state index contributed by atoms with van der Waals surface area (Å²) in [5, 5.41) is 9.73. The minimum absolute atomic E-state index is 0.799. The van der Waals surface area contributed by atoms with Crippen LogP contribution in [0.3, 0.4) is 0 Å². The maximum atomic E-state index is 4.97. The standard InChI is InChI=1S/C46H25N7S3/c1-3-8-32-26(6-1)12-14-28-16-18-30(24-36(28)32)34-20-22-40(45-42(34)48-55-51-45)53(39-11-5-10-38-44(39)50-54-47-38)41-23-21-35(43-46(41)52-56-49-43)31-19-17-29-15-13-27-7-2-4-9-33(27)37(29)25-31/h1-25H. The summed E-state index contributed by atoms with van der Waals surface area (Å²) in [6.07, 6.45) is 0. The molecule has 262 valence electrons. The highest BCUT2D eigenvalue weighted by Crippen LogP contribution is 2.47. The van der Waals surface area contributed by atoms with E-state index in [1.165, 1.54) is 78.3 Å². The van der Waals surface area contributed by atoms with E-state index in [4.69, 9.17) is 21.9 Å². The first-order valence-electron chi connectivity index (χ1n) is 18.1. The van der Waals surface area contributed by atoms with E-state index >= 15 is 0 Å². The molecule has 56 heavy (non-hydrogen) atoms. The number of fused-ring (bicyclic) bond motifs is 9. The normalized spacial score (nSPS) is 11.9. The molecule has 0 spiro atoms. The van der Waals surface area contributed by atoms with E-state index in [9.17, 15) is 0 Å². The number of hydrogen-bond acceptors (Lipinski definition) is 10. The van der Waals surface area contributed by atoms with Gasteiger partial charge in [0.15, 0.2) is 0 Å². The fraction of sp³-hybridized carbons (Fsp3) is 0. The van der Waals surface area contributed by atoms with Gasteiger partial charge in [0.2, 0.25) is 0 Å². The van der Waals surface area contributed by atoms with Gasteiger partial charge in [0.05, 0.1) is 52.2 Å². The zero-order chi connectivity index (χ0) is 36.7. The molecular weight excluding hydrogens is 747 g/mol. The van der Waals surface area contributed by atoms with Gasteiger partial charge in [0.1, 0.15) is 33.1 Å². The smallest absolute Gasteiger partial charge is 0.129 e. The number of benzene rings is 9. The predicted octanol–water partition coefficient (Wildman–Crippen LogP) is 13.1. The second kappa shape index (κ2) is 12.4. The Morgan fingerprint density at radius 1 is 0.321 bits per heavy atom. The van der Waals surface area contributed by atoms with Crippen molar-refractivity contribution in [2.45, 2.75) is 0 Å². The van der Waals surface area contributed by atoms with Crippen LogP contribution in [0.1, 0.15) is 0 Å². The Labute approximate surface area is 331 Å². The fourth-order valence-electron chi connectivity index (χ4n) is 8.23. The third-order valence-corrected chi connectivity index (χ3v) is 12.5. The molecule has 7 nitrogen and oxygen atoms in total. The van der Waals surface area contributed by atoms with Crippen LogP contribution in [0.25, 0.3) is 98.4 Å². The highest BCUT2D eigenvalue weighted by Gasteiger charge is 2.26. The van der Waals surface area contributed by atoms with Crippen molar-refractivity contribution in [3.63, 3.8) is 0 Å². The first-order chi connectivity index (χ1) is 27.8. The summed E-state index contributed by atoms with van der Waals surface area (Å²) in [5.74, 6) is 0. The van der Waals surface area contributed by atoms with Crippen LogP contribution in [0.5, 0.6) is 0 Å². The molecule has 12 rings (SSSR count). The van der Waals surface area contributed by atoms with E-state index in [-0.39, 0.29) is 0 Å².